The predicted octanol–water partition coefficient (Wildman–Crippen LogP) is 3.13. The van der Waals surface area contributed by atoms with Crippen LogP contribution in [0.2, 0.25) is 0 Å². The molecule has 1 saturated carbocycles. The monoisotopic (exact) mass is 417 g/mol. The number of ether oxygens (including phenoxy) is 1. The van der Waals surface area contributed by atoms with Gasteiger partial charge in [0.2, 0.25) is 0 Å². The fourth-order valence-corrected chi connectivity index (χ4v) is 4.30. The topological polar surface area (TPSA) is 63.7 Å². The van der Waals surface area contributed by atoms with Gasteiger partial charge < -0.3 is 9.64 Å². The first-order valence-corrected chi connectivity index (χ1v) is 10.6. The summed E-state index contributed by atoms with van der Waals surface area (Å²) >= 11 is 3.35. The predicted molar refractivity (Wildman–Crippen MR) is 96.9 cm³/mol. The fourth-order valence-electron chi connectivity index (χ4n) is 3.24. The minimum atomic E-state index is -3.36. The molecule has 1 aliphatic rings. The number of sulfone groups is 1. The van der Waals surface area contributed by atoms with Gasteiger partial charge in [0.1, 0.15) is 0 Å². The van der Waals surface area contributed by atoms with Crippen molar-refractivity contribution >= 4 is 31.7 Å². The van der Waals surface area contributed by atoms with Crippen LogP contribution in [0.5, 0.6) is 0 Å². The summed E-state index contributed by atoms with van der Waals surface area (Å²) in [5, 5.41) is 0. The highest BCUT2D eigenvalue weighted by molar-refractivity contribution is 9.10. The number of carbonyl (C=O) groups excluding carboxylic acids is 1. The normalized spacial score (nSPS) is 22.8. The summed E-state index contributed by atoms with van der Waals surface area (Å²) in [4.78, 5) is 14.7. The lowest BCUT2D eigenvalue weighted by atomic mass is 9.63. The summed E-state index contributed by atoms with van der Waals surface area (Å²) in [7, 11) is -1.60. The van der Waals surface area contributed by atoms with E-state index in [-0.39, 0.29) is 28.4 Å². The molecule has 0 radical (unpaired) electrons. The quantitative estimate of drug-likeness (QED) is 0.737. The van der Waals surface area contributed by atoms with Crippen molar-refractivity contribution in [1.29, 1.82) is 0 Å². The van der Waals surface area contributed by atoms with Gasteiger partial charge in [0.15, 0.2) is 9.84 Å². The summed E-state index contributed by atoms with van der Waals surface area (Å²) in [6.07, 6.45) is 2.05. The van der Waals surface area contributed by atoms with E-state index in [2.05, 4.69) is 29.8 Å². The number of rotatable bonds is 5. The lowest BCUT2D eigenvalue weighted by molar-refractivity contribution is -0.136. The number of carbonyl (C=O) groups is 1. The molecule has 7 heteroatoms. The number of benzene rings is 1. The van der Waals surface area contributed by atoms with E-state index in [9.17, 15) is 13.2 Å². The van der Waals surface area contributed by atoms with Gasteiger partial charge in [0, 0.05) is 35.8 Å². The summed E-state index contributed by atoms with van der Waals surface area (Å²) in [5.41, 5.74) is 0.220. The smallest absolute Gasteiger partial charge is 0.255 e. The van der Waals surface area contributed by atoms with Crippen molar-refractivity contribution < 1.29 is 17.9 Å². The fraction of sp³-hybridized carbons (Fsp3) is 0.588. The molecule has 134 valence electrons. The standard InChI is InChI=1S/C17H24BrNO4S/c1-6-23-15-10-14(17(15,2)3)19(4)16(20)12-9-11(24(5,21)22)7-8-13(12)18/h7-9,14-15H,6,10H2,1-5H3. The van der Waals surface area contributed by atoms with Gasteiger partial charge >= 0.3 is 0 Å². The largest absolute Gasteiger partial charge is 0.378 e. The molecule has 1 aromatic carbocycles. The summed E-state index contributed by atoms with van der Waals surface area (Å²) in [6, 6.07) is 4.58. The van der Waals surface area contributed by atoms with Crippen molar-refractivity contribution in [2.45, 2.75) is 44.2 Å². The maximum atomic E-state index is 12.9. The molecule has 0 aliphatic heterocycles. The maximum absolute atomic E-state index is 12.9. The Bertz CT molecular complexity index is 745. The van der Waals surface area contributed by atoms with Gasteiger partial charge in [-0.15, -0.1) is 0 Å². The average molecular weight is 418 g/mol. The van der Waals surface area contributed by atoms with E-state index in [1.165, 1.54) is 12.1 Å². The van der Waals surface area contributed by atoms with E-state index in [1.807, 2.05) is 6.92 Å². The molecule has 24 heavy (non-hydrogen) atoms. The van der Waals surface area contributed by atoms with Gasteiger partial charge in [-0.25, -0.2) is 8.42 Å². The van der Waals surface area contributed by atoms with E-state index in [0.717, 1.165) is 12.7 Å². The minimum absolute atomic E-state index is 0.0512. The van der Waals surface area contributed by atoms with E-state index in [1.54, 1.807) is 18.0 Å². The highest BCUT2D eigenvalue weighted by Crippen LogP contribution is 2.45. The summed E-state index contributed by atoms with van der Waals surface area (Å²) in [6.45, 7) is 6.80. The van der Waals surface area contributed by atoms with Gasteiger partial charge in [-0.05, 0) is 47.5 Å². The molecule has 0 aromatic heterocycles. The van der Waals surface area contributed by atoms with Crippen molar-refractivity contribution in [1.82, 2.24) is 4.90 Å². The van der Waals surface area contributed by atoms with Gasteiger partial charge in [-0.2, -0.15) is 0 Å². The average Bonchev–Trinajstić information content (AvgIpc) is 2.49. The second-order valence-electron chi connectivity index (χ2n) is 6.85. The third-order valence-electron chi connectivity index (χ3n) is 4.88. The number of halogens is 1. The highest BCUT2D eigenvalue weighted by Gasteiger charge is 2.51. The van der Waals surface area contributed by atoms with E-state index in [4.69, 9.17) is 4.74 Å². The Kier molecular flexibility index (Phi) is 5.47. The van der Waals surface area contributed by atoms with Crippen LogP contribution in [0.3, 0.4) is 0 Å². The van der Waals surface area contributed by atoms with Crippen molar-refractivity contribution in [2.24, 2.45) is 5.41 Å². The van der Waals surface area contributed by atoms with Crippen molar-refractivity contribution in [2.75, 3.05) is 19.9 Å². The summed E-state index contributed by atoms with van der Waals surface area (Å²) in [5.74, 6) is -0.194. The SMILES string of the molecule is CCOC1CC(N(C)C(=O)c2cc(S(C)(=O)=O)ccc2Br)C1(C)C. The van der Waals surface area contributed by atoms with Gasteiger partial charge in [-0.3, -0.25) is 4.79 Å². The molecular formula is C17H24BrNO4S. The van der Waals surface area contributed by atoms with E-state index < -0.39 is 9.84 Å². The summed E-state index contributed by atoms with van der Waals surface area (Å²) < 4.78 is 29.8. The zero-order valence-corrected chi connectivity index (χ0v) is 17.1. The van der Waals surface area contributed by atoms with Crippen LogP contribution in [0.25, 0.3) is 0 Å². The number of amides is 1. The lowest BCUT2D eigenvalue weighted by Gasteiger charge is -2.54. The molecule has 1 aromatic rings. The van der Waals surface area contributed by atoms with Crippen LogP contribution in [0.4, 0.5) is 0 Å². The van der Waals surface area contributed by atoms with Crippen molar-refractivity contribution in [3.63, 3.8) is 0 Å². The van der Waals surface area contributed by atoms with Crippen LogP contribution < -0.4 is 0 Å². The highest BCUT2D eigenvalue weighted by atomic mass is 79.9. The third-order valence-corrected chi connectivity index (χ3v) is 6.68. The van der Waals surface area contributed by atoms with Crippen LogP contribution in [-0.2, 0) is 14.6 Å². The Balaban J connectivity index is 2.27. The van der Waals surface area contributed by atoms with Gasteiger partial charge in [0.25, 0.3) is 5.91 Å². The van der Waals surface area contributed by atoms with Crippen LogP contribution in [0.15, 0.2) is 27.6 Å². The maximum Gasteiger partial charge on any atom is 0.255 e. The zero-order valence-electron chi connectivity index (χ0n) is 14.7. The Labute approximate surface area is 152 Å². The molecule has 1 fully saturated rings. The Morgan fingerprint density at radius 3 is 2.54 bits per heavy atom. The Hall–Kier alpha value is -0.920. The number of nitrogens with zero attached hydrogens (tertiary/aromatic N) is 1. The first-order valence-electron chi connectivity index (χ1n) is 7.88. The molecule has 2 unspecified atom stereocenters. The van der Waals surface area contributed by atoms with Crippen LogP contribution in [0.1, 0.15) is 37.6 Å². The molecule has 0 bridgehead atoms. The lowest BCUT2D eigenvalue weighted by Crippen LogP contribution is -2.62. The molecule has 2 atom stereocenters. The van der Waals surface area contributed by atoms with Gasteiger partial charge in [-0.1, -0.05) is 13.8 Å². The first kappa shape index (κ1) is 19.4. The second kappa shape index (κ2) is 6.77. The van der Waals surface area contributed by atoms with E-state index in [0.29, 0.717) is 16.6 Å². The van der Waals surface area contributed by atoms with Crippen LogP contribution in [0, 0.1) is 5.41 Å². The van der Waals surface area contributed by atoms with Crippen LogP contribution >= 0.6 is 15.9 Å². The molecule has 1 aliphatic carbocycles. The van der Waals surface area contributed by atoms with Gasteiger partial charge in [0.05, 0.1) is 16.6 Å². The number of hydrogen-bond acceptors (Lipinski definition) is 4. The first-order chi connectivity index (χ1) is 11.0. The zero-order chi connectivity index (χ0) is 18.3. The molecule has 0 saturated heterocycles. The Morgan fingerprint density at radius 1 is 1.42 bits per heavy atom. The Morgan fingerprint density at radius 2 is 2.04 bits per heavy atom. The molecule has 0 heterocycles. The molecule has 0 spiro atoms. The number of hydrogen-bond donors (Lipinski definition) is 0. The van der Waals surface area contributed by atoms with Crippen molar-refractivity contribution in [3.8, 4) is 0 Å². The third kappa shape index (κ3) is 3.53. The molecule has 2 rings (SSSR count). The molecule has 0 N–H and O–H groups in total. The second-order valence-corrected chi connectivity index (χ2v) is 9.72. The molecule has 5 nitrogen and oxygen atoms in total. The van der Waals surface area contributed by atoms with Crippen molar-refractivity contribution in [3.05, 3.63) is 28.2 Å². The van der Waals surface area contributed by atoms with Crippen LogP contribution in [-0.4, -0.2) is 51.3 Å². The molecule has 1 amide bonds. The van der Waals surface area contributed by atoms with E-state index >= 15 is 0 Å². The minimum Gasteiger partial charge on any atom is -0.378 e. The molecular weight excluding hydrogens is 394 g/mol.